The molecule has 1 aromatic carbocycles. The fourth-order valence-corrected chi connectivity index (χ4v) is 3.40. The topological polar surface area (TPSA) is 136 Å². The lowest BCUT2D eigenvalue weighted by atomic mass is 10.1. The lowest BCUT2D eigenvalue weighted by molar-refractivity contribution is -0.125. The normalized spacial score (nSPS) is 22.9. The Morgan fingerprint density at radius 1 is 1.25 bits per heavy atom. The monoisotopic (exact) mass is 388 g/mol. The van der Waals surface area contributed by atoms with Gasteiger partial charge in [0.2, 0.25) is 18.6 Å². The third-order valence-electron chi connectivity index (χ3n) is 4.84. The second-order valence-electron chi connectivity index (χ2n) is 6.83. The van der Waals surface area contributed by atoms with Crippen LogP contribution in [0.15, 0.2) is 22.7 Å². The van der Waals surface area contributed by atoms with E-state index in [-0.39, 0.29) is 31.6 Å². The number of aliphatic hydroxyl groups excluding tert-OH is 1. The molecule has 0 bridgehead atoms. The molecular formula is C18H20N4O6. The van der Waals surface area contributed by atoms with Gasteiger partial charge in [-0.05, 0) is 31.0 Å². The molecule has 10 heteroatoms. The van der Waals surface area contributed by atoms with Gasteiger partial charge in [-0.1, -0.05) is 5.16 Å². The SMILES string of the molecule is Cc1nc(CNC(=O)[C@@H]2C[C@@H](O)[C@H](NC(=O)c3ccc4c(c3)OCO4)C2)no1. The van der Waals surface area contributed by atoms with Gasteiger partial charge in [0, 0.05) is 18.4 Å². The highest BCUT2D eigenvalue weighted by molar-refractivity contribution is 5.95. The molecule has 0 radical (unpaired) electrons. The second-order valence-corrected chi connectivity index (χ2v) is 6.83. The maximum atomic E-state index is 12.5. The van der Waals surface area contributed by atoms with E-state index in [1.165, 1.54) is 0 Å². The third kappa shape index (κ3) is 3.77. The quantitative estimate of drug-likeness (QED) is 0.665. The van der Waals surface area contributed by atoms with Crippen molar-refractivity contribution in [1.29, 1.82) is 0 Å². The number of carbonyl (C=O) groups is 2. The molecule has 148 valence electrons. The molecule has 1 aromatic heterocycles. The lowest BCUT2D eigenvalue weighted by Crippen LogP contribution is -2.40. The third-order valence-corrected chi connectivity index (χ3v) is 4.84. The highest BCUT2D eigenvalue weighted by Gasteiger charge is 2.38. The van der Waals surface area contributed by atoms with Crippen molar-refractivity contribution in [3.63, 3.8) is 0 Å². The zero-order valence-electron chi connectivity index (χ0n) is 15.2. The first kappa shape index (κ1) is 18.2. The number of fused-ring (bicyclic) bond motifs is 1. The van der Waals surface area contributed by atoms with Crippen molar-refractivity contribution in [2.75, 3.05) is 6.79 Å². The summed E-state index contributed by atoms with van der Waals surface area (Å²) in [7, 11) is 0. The number of rotatable bonds is 5. The molecule has 2 amide bonds. The smallest absolute Gasteiger partial charge is 0.251 e. The van der Waals surface area contributed by atoms with E-state index in [9.17, 15) is 14.7 Å². The van der Waals surface area contributed by atoms with Gasteiger partial charge in [0.15, 0.2) is 17.3 Å². The lowest BCUT2D eigenvalue weighted by Gasteiger charge is -2.16. The van der Waals surface area contributed by atoms with E-state index >= 15 is 0 Å². The summed E-state index contributed by atoms with van der Waals surface area (Å²) in [6.07, 6.45) is -0.196. The Morgan fingerprint density at radius 3 is 2.86 bits per heavy atom. The molecule has 2 aromatic rings. The summed E-state index contributed by atoms with van der Waals surface area (Å²) >= 11 is 0. The summed E-state index contributed by atoms with van der Waals surface area (Å²) in [6, 6.07) is 4.37. The first-order valence-corrected chi connectivity index (χ1v) is 8.95. The molecule has 1 saturated carbocycles. The van der Waals surface area contributed by atoms with Crippen molar-refractivity contribution in [2.24, 2.45) is 5.92 Å². The number of nitrogens with one attached hydrogen (secondary N) is 2. The van der Waals surface area contributed by atoms with Gasteiger partial charge in [-0.15, -0.1) is 0 Å². The summed E-state index contributed by atoms with van der Waals surface area (Å²) in [5.74, 6) is 0.931. The summed E-state index contributed by atoms with van der Waals surface area (Å²) in [5, 5.41) is 19.5. The van der Waals surface area contributed by atoms with Gasteiger partial charge < -0.3 is 29.7 Å². The number of amides is 2. The Kier molecular flexibility index (Phi) is 4.86. The van der Waals surface area contributed by atoms with Crippen LogP contribution in [0.25, 0.3) is 0 Å². The van der Waals surface area contributed by atoms with Crippen LogP contribution in [0.2, 0.25) is 0 Å². The molecule has 2 heterocycles. The molecule has 4 rings (SSSR count). The van der Waals surface area contributed by atoms with Gasteiger partial charge in [-0.3, -0.25) is 9.59 Å². The van der Waals surface area contributed by atoms with Crippen molar-refractivity contribution in [3.8, 4) is 11.5 Å². The fourth-order valence-electron chi connectivity index (χ4n) is 3.40. The first-order valence-electron chi connectivity index (χ1n) is 8.95. The molecule has 0 saturated heterocycles. The minimum Gasteiger partial charge on any atom is -0.454 e. The second kappa shape index (κ2) is 7.47. The van der Waals surface area contributed by atoms with Crippen LogP contribution in [-0.4, -0.2) is 46.0 Å². The molecule has 0 unspecified atom stereocenters. The molecule has 1 aliphatic carbocycles. The number of nitrogens with zero attached hydrogens (tertiary/aromatic N) is 2. The van der Waals surface area contributed by atoms with Crippen LogP contribution in [0, 0.1) is 12.8 Å². The van der Waals surface area contributed by atoms with Crippen LogP contribution < -0.4 is 20.1 Å². The van der Waals surface area contributed by atoms with Crippen LogP contribution in [0.4, 0.5) is 0 Å². The maximum Gasteiger partial charge on any atom is 0.251 e. The van der Waals surface area contributed by atoms with E-state index < -0.39 is 18.1 Å². The minimum absolute atomic E-state index is 0.127. The molecule has 1 fully saturated rings. The number of hydrogen-bond donors (Lipinski definition) is 3. The average Bonchev–Trinajstić information content (AvgIpc) is 3.39. The number of carbonyl (C=O) groups excluding carboxylic acids is 2. The Labute approximate surface area is 160 Å². The molecule has 10 nitrogen and oxygen atoms in total. The Bertz CT molecular complexity index is 898. The fraction of sp³-hybridized carbons (Fsp3) is 0.444. The van der Waals surface area contributed by atoms with Gasteiger partial charge in [0.1, 0.15) is 0 Å². The van der Waals surface area contributed by atoms with Gasteiger partial charge in [-0.2, -0.15) is 4.98 Å². The average molecular weight is 388 g/mol. The highest BCUT2D eigenvalue weighted by Crippen LogP contribution is 2.33. The molecule has 0 spiro atoms. The number of hydrogen-bond acceptors (Lipinski definition) is 8. The Morgan fingerprint density at radius 2 is 2.07 bits per heavy atom. The first-order chi connectivity index (χ1) is 13.5. The number of aryl methyl sites for hydroxylation is 1. The predicted molar refractivity (Wildman–Crippen MR) is 93.4 cm³/mol. The molecule has 3 N–H and O–H groups in total. The van der Waals surface area contributed by atoms with Crippen LogP contribution in [-0.2, 0) is 11.3 Å². The van der Waals surface area contributed by atoms with Crippen LogP contribution in [0.5, 0.6) is 11.5 Å². The van der Waals surface area contributed by atoms with Crippen LogP contribution in [0.1, 0.15) is 34.9 Å². The van der Waals surface area contributed by atoms with Crippen molar-refractivity contribution >= 4 is 11.8 Å². The summed E-state index contributed by atoms with van der Waals surface area (Å²) in [5.41, 5.74) is 0.400. The van der Waals surface area contributed by atoms with E-state index in [2.05, 4.69) is 20.8 Å². The van der Waals surface area contributed by atoms with Crippen LogP contribution >= 0.6 is 0 Å². The minimum atomic E-state index is -0.805. The van der Waals surface area contributed by atoms with E-state index in [0.29, 0.717) is 35.2 Å². The van der Waals surface area contributed by atoms with Gasteiger partial charge in [0.25, 0.3) is 5.91 Å². The number of aliphatic hydroxyl groups is 1. The summed E-state index contributed by atoms with van der Waals surface area (Å²) in [6.45, 7) is 1.94. The number of aromatic nitrogens is 2. The number of benzene rings is 1. The van der Waals surface area contributed by atoms with Gasteiger partial charge in [0.05, 0.1) is 18.7 Å². The number of ether oxygens (including phenoxy) is 2. The van der Waals surface area contributed by atoms with Gasteiger partial charge in [-0.25, -0.2) is 0 Å². The maximum absolute atomic E-state index is 12.5. The van der Waals surface area contributed by atoms with Gasteiger partial charge >= 0.3 is 0 Å². The summed E-state index contributed by atoms with van der Waals surface area (Å²) in [4.78, 5) is 28.9. The van der Waals surface area contributed by atoms with Crippen molar-refractivity contribution in [2.45, 2.75) is 38.5 Å². The standard InChI is InChI=1S/C18H20N4O6/c1-9-20-16(22-28-9)7-19-17(24)11-4-12(13(23)5-11)21-18(25)10-2-3-14-15(6-10)27-8-26-14/h2-3,6,11-13,23H,4-5,7-8H2,1H3,(H,19,24)(H,21,25)/t11-,12+,13+/m0/s1. The van der Waals surface area contributed by atoms with E-state index in [4.69, 9.17) is 14.0 Å². The van der Waals surface area contributed by atoms with E-state index in [1.807, 2.05) is 0 Å². The van der Waals surface area contributed by atoms with Crippen molar-refractivity contribution in [3.05, 3.63) is 35.5 Å². The van der Waals surface area contributed by atoms with E-state index in [0.717, 1.165) is 0 Å². The molecule has 1 aliphatic heterocycles. The molecular weight excluding hydrogens is 368 g/mol. The highest BCUT2D eigenvalue weighted by atomic mass is 16.7. The predicted octanol–water partition coefficient (Wildman–Crippen LogP) is 0.292. The Balaban J connectivity index is 1.32. The molecule has 28 heavy (non-hydrogen) atoms. The largest absolute Gasteiger partial charge is 0.454 e. The van der Waals surface area contributed by atoms with Crippen LogP contribution in [0.3, 0.4) is 0 Å². The van der Waals surface area contributed by atoms with Crippen molar-refractivity contribution in [1.82, 2.24) is 20.8 Å². The zero-order chi connectivity index (χ0) is 19.7. The van der Waals surface area contributed by atoms with E-state index in [1.54, 1.807) is 25.1 Å². The zero-order valence-corrected chi connectivity index (χ0v) is 15.2. The summed E-state index contributed by atoms with van der Waals surface area (Å²) < 4.78 is 15.4. The Hall–Kier alpha value is -3.14. The van der Waals surface area contributed by atoms with Crippen molar-refractivity contribution < 1.29 is 28.7 Å². The molecule has 2 aliphatic rings. The molecule has 3 atom stereocenters.